The van der Waals surface area contributed by atoms with Crippen molar-refractivity contribution < 1.29 is 21.7 Å². The van der Waals surface area contributed by atoms with Crippen LogP contribution in [0.1, 0.15) is 11.5 Å². The highest BCUT2D eigenvalue weighted by Crippen LogP contribution is 2.35. The fourth-order valence-corrected chi connectivity index (χ4v) is 2.63. The summed E-state index contributed by atoms with van der Waals surface area (Å²) in [6.45, 7) is 0. The first-order valence-electron chi connectivity index (χ1n) is 6.71. The van der Waals surface area contributed by atoms with Gasteiger partial charge in [-0.05, 0) is 36.4 Å². The fraction of sp³-hybridized carbons (Fsp3) is 0.133. The summed E-state index contributed by atoms with van der Waals surface area (Å²) in [6.07, 6.45) is 3.55. The Morgan fingerprint density at radius 3 is 2.25 bits per heavy atom. The highest BCUT2D eigenvalue weighted by Gasteiger charge is 2.40. The lowest BCUT2D eigenvalue weighted by atomic mass is 10.1. The van der Waals surface area contributed by atoms with E-state index in [1.807, 2.05) is 0 Å². The molecule has 0 spiro atoms. The van der Waals surface area contributed by atoms with Crippen molar-refractivity contribution in [2.45, 2.75) is 10.8 Å². The van der Waals surface area contributed by atoms with Crippen molar-refractivity contribution in [1.29, 1.82) is 0 Å². The number of benzene rings is 1. The molecule has 1 aromatic carbocycles. The monoisotopic (exact) mass is 351 g/mol. The molecule has 0 aliphatic heterocycles. The maximum absolute atomic E-state index is 14.3. The number of sulfone groups is 1. The number of hydrogen-bond donors (Lipinski definition) is 0. The van der Waals surface area contributed by atoms with Crippen LogP contribution < -0.4 is 0 Å². The van der Waals surface area contributed by atoms with E-state index < -0.39 is 21.7 Å². The molecular weight excluding hydrogens is 340 g/mol. The molecule has 3 rings (SSSR count). The molecule has 0 atom stereocenters. The lowest BCUT2D eigenvalue weighted by molar-refractivity contribution is 0.00753. The third kappa shape index (κ3) is 3.02. The van der Waals surface area contributed by atoms with Gasteiger partial charge in [0.2, 0.25) is 5.82 Å². The van der Waals surface area contributed by atoms with E-state index in [2.05, 4.69) is 19.6 Å². The summed E-state index contributed by atoms with van der Waals surface area (Å²) >= 11 is 0. The molecule has 24 heavy (non-hydrogen) atoms. The zero-order chi connectivity index (χ0) is 17.4. The van der Waals surface area contributed by atoms with Crippen molar-refractivity contribution in [2.75, 3.05) is 6.26 Å². The Hall–Kier alpha value is -2.68. The molecule has 0 amide bonds. The smallest absolute Gasteiger partial charge is 0.332 e. The Balaban J connectivity index is 1.94. The number of rotatable bonds is 4. The van der Waals surface area contributed by atoms with Gasteiger partial charge in [0.15, 0.2) is 9.84 Å². The minimum absolute atomic E-state index is 0.0567. The Labute approximate surface area is 136 Å². The summed E-state index contributed by atoms with van der Waals surface area (Å²) < 4.78 is 56.2. The third-order valence-corrected chi connectivity index (χ3v) is 4.41. The quantitative estimate of drug-likeness (QED) is 0.718. The van der Waals surface area contributed by atoms with Gasteiger partial charge in [-0.3, -0.25) is 4.98 Å². The Morgan fingerprint density at radius 1 is 1.04 bits per heavy atom. The van der Waals surface area contributed by atoms with Crippen LogP contribution in [0.3, 0.4) is 0 Å². The minimum atomic E-state index is -3.46. The first-order chi connectivity index (χ1) is 11.3. The second-order valence-electron chi connectivity index (χ2n) is 5.03. The zero-order valence-corrected chi connectivity index (χ0v) is 13.2. The van der Waals surface area contributed by atoms with Gasteiger partial charge in [-0.2, -0.15) is 13.8 Å². The lowest BCUT2D eigenvalue weighted by Crippen LogP contribution is -2.15. The van der Waals surface area contributed by atoms with Crippen LogP contribution in [0.4, 0.5) is 8.78 Å². The van der Waals surface area contributed by atoms with Crippen LogP contribution in [0.25, 0.3) is 11.4 Å². The van der Waals surface area contributed by atoms with Crippen LogP contribution >= 0.6 is 0 Å². The Bertz CT molecular complexity index is 955. The molecule has 6 nitrogen and oxygen atoms in total. The molecule has 0 unspecified atom stereocenters. The maximum Gasteiger partial charge on any atom is 0.350 e. The molecule has 0 saturated carbocycles. The molecule has 0 fully saturated rings. The highest BCUT2D eigenvalue weighted by atomic mass is 32.2. The number of nitrogens with zero attached hydrogens (tertiary/aromatic N) is 3. The molecule has 9 heteroatoms. The molecule has 2 aromatic heterocycles. The Kier molecular flexibility index (Phi) is 3.88. The van der Waals surface area contributed by atoms with Gasteiger partial charge in [0.05, 0.1) is 4.90 Å². The van der Waals surface area contributed by atoms with Gasteiger partial charge in [-0.15, -0.1) is 0 Å². The molecule has 2 heterocycles. The standard InChI is InChI=1S/C15H11F2N3O3S/c1-24(21,22)12-4-2-10(3-5-12)13-19-14(23-20-13)15(16,17)11-6-8-18-9-7-11/h2-9H,1H3. The molecule has 124 valence electrons. The average molecular weight is 351 g/mol. The number of aromatic nitrogens is 3. The molecule has 0 bridgehead atoms. The fourth-order valence-electron chi connectivity index (χ4n) is 2.00. The molecule has 0 saturated heterocycles. The second-order valence-corrected chi connectivity index (χ2v) is 7.05. The van der Waals surface area contributed by atoms with Crippen LogP contribution in [0.15, 0.2) is 58.2 Å². The van der Waals surface area contributed by atoms with Crippen LogP contribution in [-0.2, 0) is 15.8 Å². The number of halogens is 2. The summed E-state index contributed by atoms with van der Waals surface area (Å²) in [6, 6.07) is 7.87. The van der Waals surface area contributed by atoms with Crippen molar-refractivity contribution >= 4 is 9.84 Å². The van der Waals surface area contributed by atoms with E-state index in [1.54, 1.807) is 0 Å². The minimum Gasteiger partial charge on any atom is -0.332 e. The summed E-state index contributed by atoms with van der Waals surface area (Å²) in [4.78, 5) is 7.52. The van der Waals surface area contributed by atoms with E-state index in [0.29, 0.717) is 5.56 Å². The third-order valence-electron chi connectivity index (χ3n) is 3.28. The van der Waals surface area contributed by atoms with E-state index in [0.717, 1.165) is 18.4 Å². The second kappa shape index (κ2) is 5.75. The van der Waals surface area contributed by atoms with Gasteiger partial charge in [0.25, 0.3) is 0 Å². The average Bonchev–Trinajstić information content (AvgIpc) is 3.06. The predicted molar refractivity (Wildman–Crippen MR) is 80.1 cm³/mol. The predicted octanol–water partition coefficient (Wildman–Crippen LogP) is 2.68. The maximum atomic E-state index is 14.3. The van der Waals surface area contributed by atoms with E-state index in [4.69, 9.17) is 0 Å². The van der Waals surface area contributed by atoms with E-state index in [9.17, 15) is 17.2 Å². The van der Waals surface area contributed by atoms with E-state index >= 15 is 0 Å². The SMILES string of the molecule is CS(=O)(=O)c1ccc(-c2noc(C(F)(F)c3ccncc3)n2)cc1. The molecule has 0 aliphatic carbocycles. The summed E-state index contributed by atoms with van der Waals surface area (Å²) in [5.41, 5.74) is 0.0445. The summed E-state index contributed by atoms with van der Waals surface area (Å²) in [7, 11) is -3.35. The van der Waals surface area contributed by atoms with Gasteiger partial charge in [-0.25, -0.2) is 8.42 Å². The number of alkyl halides is 2. The van der Waals surface area contributed by atoms with Crippen molar-refractivity contribution in [1.82, 2.24) is 15.1 Å². The first-order valence-corrected chi connectivity index (χ1v) is 8.60. The highest BCUT2D eigenvalue weighted by molar-refractivity contribution is 7.90. The lowest BCUT2D eigenvalue weighted by Gasteiger charge is -2.10. The van der Waals surface area contributed by atoms with Gasteiger partial charge >= 0.3 is 11.8 Å². The van der Waals surface area contributed by atoms with Gasteiger partial charge in [-0.1, -0.05) is 5.16 Å². The number of hydrogen-bond acceptors (Lipinski definition) is 6. The van der Waals surface area contributed by atoms with Gasteiger partial charge in [0, 0.05) is 29.8 Å². The first kappa shape index (κ1) is 16.2. The normalized spacial score (nSPS) is 12.3. The van der Waals surface area contributed by atoms with Gasteiger partial charge in [0.1, 0.15) is 0 Å². The van der Waals surface area contributed by atoms with Crippen LogP contribution in [0.5, 0.6) is 0 Å². The van der Waals surface area contributed by atoms with Crippen molar-refractivity contribution in [3.63, 3.8) is 0 Å². The van der Waals surface area contributed by atoms with E-state index in [-0.39, 0.29) is 16.3 Å². The molecule has 0 N–H and O–H groups in total. The largest absolute Gasteiger partial charge is 0.350 e. The Morgan fingerprint density at radius 2 is 1.67 bits per heavy atom. The van der Waals surface area contributed by atoms with Crippen LogP contribution in [0.2, 0.25) is 0 Å². The molecular formula is C15H11F2N3O3S. The van der Waals surface area contributed by atoms with Crippen LogP contribution in [-0.4, -0.2) is 29.8 Å². The van der Waals surface area contributed by atoms with Crippen molar-refractivity contribution in [3.8, 4) is 11.4 Å². The van der Waals surface area contributed by atoms with Crippen molar-refractivity contribution in [3.05, 3.63) is 60.2 Å². The molecule has 3 aromatic rings. The topological polar surface area (TPSA) is 86.0 Å². The zero-order valence-electron chi connectivity index (χ0n) is 12.3. The van der Waals surface area contributed by atoms with Crippen molar-refractivity contribution in [2.24, 2.45) is 0 Å². The number of pyridine rings is 1. The van der Waals surface area contributed by atoms with E-state index in [1.165, 1.54) is 36.7 Å². The summed E-state index contributed by atoms with van der Waals surface area (Å²) in [5.74, 6) is -4.37. The summed E-state index contributed by atoms with van der Waals surface area (Å²) in [5, 5.41) is 3.54. The van der Waals surface area contributed by atoms with Gasteiger partial charge < -0.3 is 4.52 Å². The molecule has 0 aliphatic rings. The molecule has 0 radical (unpaired) electrons. The van der Waals surface area contributed by atoms with Crippen LogP contribution in [0, 0.1) is 0 Å².